The molecular formula is C27H36N8O3. The molecule has 0 bridgehead atoms. The van der Waals surface area contributed by atoms with Crippen molar-refractivity contribution in [2.24, 2.45) is 12.0 Å². The van der Waals surface area contributed by atoms with Crippen LogP contribution >= 0.6 is 0 Å². The Balaban J connectivity index is 1.63. The third-order valence-electron chi connectivity index (χ3n) is 6.55. The monoisotopic (exact) mass is 520 g/mol. The predicted molar refractivity (Wildman–Crippen MR) is 148 cm³/mol. The third-order valence-corrected chi connectivity index (χ3v) is 6.55. The number of aliphatic hydroxyl groups is 1. The number of rotatable bonds is 8. The molecule has 1 saturated carbocycles. The zero-order chi connectivity index (χ0) is 27.8. The van der Waals surface area contributed by atoms with Gasteiger partial charge < -0.3 is 25.0 Å². The van der Waals surface area contributed by atoms with Crippen LogP contribution in [-0.2, 0) is 17.3 Å². The van der Waals surface area contributed by atoms with Crippen molar-refractivity contribution in [2.75, 3.05) is 5.32 Å². The Morgan fingerprint density at radius 2 is 2.05 bits per heavy atom. The molecule has 0 atom stereocenters. The maximum atomic E-state index is 11.4. The van der Waals surface area contributed by atoms with Crippen molar-refractivity contribution < 1.29 is 14.6 Å². The molecule has 38 heavy (non-hydrogen) atoms. The summed E-state index contributed by atoms with van der Waals surface area (Å²) in [5, 5.41) is 20.6. The van der Waals surface area contributed by atoms with E-state index in [2.05, 4.69) is 48.1 Å². The minimum atomic E-state index is -0.262. The first-order valence-electron chi connectivity index (χ1n) is 12.6. The molecule has 1 amide bonds. The molecule has 0 spiro atoms. The number of allylic oxidation sites excluding steroid dienone is 2. The fourth-order valence-electron chi connectivity index (χ4n) is 4.44. The molecule has 3 aromatic heterocycles. The Bertz CT molecular complexity index is 1430. The molecule has 3 aromatic rings. The highest BCUT2D eigenvalue weighted by molar-refractivity contribution is 5.81. The van der Waals surface area contributed by atoms with Gasteiger partial charge in [-0.25, -0.2) is 9.98 Å². The van der Waals surface area contributed by atoms with Gasteiger partial charge in [-0.15, -0.1) is 0 Å². The summed E-state index contributed by atoms with van der Waals surface area (Å²) in [5.74, 6) is 2.35. The van der Waals surface area contributed by atoms with Gasteiger partial charge in [0.15, 0.2) is 17.2 Å². The van der Waals surface area contributed by atoms with Crippen molar-refractivity contribution in [3.8, 4) is 5.75 Å². The Kier molecular flexibility index (Phi) is 7.41. The molecule has 1 aliphatic rings. The highest BCUT2D eigenvalue weighted by Gasteiger charge is 2.34. The van der Waals surface area contributed by atoms with Crippen molar-refractivity contribution in [1.29, 1.82) is 0 Å². The van der Waals surface area contributed by atoms with Crippen LogP contribution in [0.5, 0.6) is 5.75 Å². The van der Waals surface area contributed by atoms with Crippen molar-refractivity contribution >= 4 is 35.6 Å². The molecule has 0 saturated heterocycles. The van der Waals surface area contributed by atoms with Crippen LogP contribution in [0.2, 0.25) is 0 Å². The lowest BCUT2D eigenvalue weighted by Gasteiger charge is -2.34. The molecule has 0 radical (unpaired) electrons. The maximum Gasteiger partial charge on any atom is 0.222 e. The number of ether oxygens (including phenoxy) is 1. The number of aliphatic imine (C=N–C) groups is 1. The second-order valence-electron chi connectivity index (χ2n) is 10.6. The van der Waals surface area contributed by atoms with Crippen LogP contribution in [0.15, 0.2) is 41.0 Å². The van der Waals surface area contributed by atoms with Gasteiger partial charge in [-0.3, -0.25) is 9.48 Å². The molecule has 3 heterocycles. The molecule has 11 heteroatoms. The second kappa shape index (κ2) is 10.4. The van der Waals surface area contributed by atoms with Gasteiger partial charge in [0, 0.05) is 42.8 Å². The quantitative estimate of drug-likeness (QED) is 0.231. The van der Waals surface area contributed by atoms with Crippen LogP contribution in [-0.4, -0.2) is 48.2 Å². The Labute approximate surface area is 222 Å². The van der Waals surface area contributed by atoms with Crippen LogP contribution in [0.4, 0.5) is 11.8 Å². The fraction of sp³-hybridized carbons (Fsp3) is 0.444. The van der Waals surface area contributed by atoms with E-state index in [1.54, 1.807) is 18.3 Å². The van der Waals surface area contributed by atoms with Crippen molar-refractivity contribution in [3.05, 3.63) is 47.3 Å². The minimum Gasteiger partial charge on any atom is -0.456 e. The first-order chi connectivity index (χ1) is 17.9. The zero-order valence-electron chi connectivity index (χ0n) is 23.0. The number of carbonyl (C=O) groups is 1. The molecule has 202 valence electrons. The number of imidazole rings is 1. The molecule has 0 unspecified atom stereocenters. The topological polar surface area (TPSA) is 131 Å². The number of nitrogens with one attached hydrogen (secondary N) is 2. The van der Waals surface area contributed by atoms with Crippen molar-refractivity contribution in [2.45, 2.75) is 71.9 Å². The number of nitrogens with zero attached hydrogens (tertiary/aromatic N) is 6. The SMILES string of the molecule is C=N/C(=C\C(=C/C)Oc1cnc2nc(Nc3cc(C(C)(C)C)n([C@H]4C[C@H](O)C4)n3)n(C)c2c1C)NC(C)=O. The van der Waals surface area contributed by atoms with Crippen LogP contribution in [0.25, 0.3) is 11.2 Å². The van der Waals surface area contributed by atoms with Gasteiger partial charge in [0.05, 0.1) is 23.9 Å². The van der Waals surface area contributed by atoms with Gasteiger partial charge in [0.1, 0.15) is 11.6 Å². The Morgan fingerprint density at radius 3 is 2.63 bits per heavy atom. The number of hydrogen-bond acceptors (Lipinski definition) is 8. The molecule has 1 aliphatic carbocycles. The number of hydrogen-bond donors (Lipinski definition) is 3. The van der Waals surface area contributed by atoms with Gasteiger partial charge in [-0.05, 0) is 39.5 Å². The lowest BCUT2D eigenvalue weighted by Crippen LogP contribution is -2.34. The second-order valence-corrected chi connectivity index (χ2v) is 10.6. The summed E-state index contributed by atoms with van der Waals surface area (Å²) in [6.07, 6.45) is 6.14. The number of amides is 1. The van der Waals surface area contributed by atoms with E-state index < -0.39 is 0 Å². The van der Waals surface area contributed by atoms with Gasteiger partial charge in [-0.1, -0.05) is 20.8 Å². The average molecular weight is 521 g/mol. The molecule has 11 nitrogen and oxygen atoms in total. The van der Waals surface area contributed by atoms with E-state index in [0.717, 1.165) is 16.8 Å². The van der Waals surface area contributed by atoms with Gasteiger partial charge in [0.25, 0.3) is 0 Å². The summed E-state index contributed by atoms with van der Waals surface area (Å²) in [7, 11) is 1.91. The third kappa shape index (κ3) is 5.47. The van der Waals surface area contributed by atoms with Crippen LogP contribution in [0, 0.1) is 6.92 Å². The minimum absolute atomic E-state index is 0.107. The van der Waals surface area contributed by atoms with E-state index in [-0.39, 0.29) is 29.3 Å². The number of aliphatic hydroxyl groups excluding tert-OH is 1. The fourth-order valence-corrected chi connectivity index (χ4v) is 4.44. The summed E-state index contributed by atoms with van der Waals surface area (Å²) in [6, 6.07) is 2.24. The summed E-state index contributed by atoms with van der Waals surface area (Å²) >= 11 is 0. The summed E-state index contributed by atoms with van der Waals surface area (Å²) < 4.78 is 10.1. The number of carbonyl (C=O) groups excluding carboxylic acids is 1. The van der Waals surface area contributed by atoms with E-state index in [4.69, 9.17) is 14.8 Å². The Hall–Kier alpha value is -3.99. The van der Waals surface area contributed by atoms with E-state index >= 15 is 0 Å². The number of pyridine rings is 1. The van der Waals surface area contributed by atoms with Crippen LogP contribution in [0.3, 0.4) is 0 Å². The first kappa shape index (κ1) is 27.1. The summed E-state index contributed by atoms with van der Waals surface area (Å²) in [5.41, 5.74) is 3.22. The van der Waals surface area contributed by atoms with Crippen molar-refractivity contribution in [3.63, 3.8) is 0 Å². The van der Waals surface area contributed by atoms with E-state index in [1.807, 2.05) is 36.2 Å². The number of fused-ring (bicyclic) bond motifs is 1. The summed E-state index contributed by atoms with van der Waals surface area (Å²) in [4.78, 5) is 24.4. The molecular weight excluding hydrogens is 484 g/mol. The van der Waals surface area contributed by atoms with E-state index in [1.165, 1.54) is 6.92 Å². The van der Waals surface area contributed by atoms with Gasteiger partial charge >= 0.3 is 0 Å². The number of aryl methyl sites for hydroxylation is 2. The number of aromatic nitrogens is 5. The number of anilines is 2. The molecule has 0 aromatic carbocycles. The van der Waals surface area contributed by atoms with Crippen LogP contribution in [0.1, 0.15) is 64.8 Å². The first-order valence-corrected chi connectivity index (χ1v) is 12.6. The normalized spacial score (nSPS) is 18.3. The standard InChI is InChI=1S/C27H36N8O3/c1-9-19(12-22(28-7)30-16(3)36)38-20-14-29-25-24(15(20)2)34(8)26(32-25)31-23-13-21(27(4,5)6)35(33-23)17-10-18(37)11-17/h9,12-14,17-18,37H,7,10-11H2,1-6,8H3,(H,30,36)(H,29,31,32,33)/b19-9+,22-12+/t17-,18-. The molecule has 1 fully saturated rings. The molecule has 4 rings (SSSR count). The van der Waals surface area contributed by atoms with Crippen molar-refractivity contribution in [1.82, 2.24) is 29.6 Å². The Morgan fingerprint density at radius 1 is 1.34 bits per heavy atom. The van der Waals surface area contributed by atoms with Gasteiger partial charge in [0.2, 0.25) is 11.9 Å². The maximum absolute atomic E-state index is 11.4. The lowest BCUT2D eigenvalue weighted by atomic mass is 9.87. The largest absolute Gasteiger partial charge is 0.456 e. The zero-order valence-corrected chi connectivity index (χ0v) is 23.0. The van der Waals surface area contributed by atoms with E-state index in [9.17, 15) is 9.90 Å². The molecule has 0 aliphatic heterocycles. The molecule has 3 N–H and O–H groups in total. The highest BCUT2D eigenvalue weighted by atomic mass is 16.5. The predicted octanol–water partition coefficient (Wildman–Crippen LogP) is 4.17. The van der Waals surface area contributed by atoms with Gasteiger partial charge in [-0.2, -0.15) is 10.1 Å². The smallest absolute Gasteiger partial charge is 0.222 e. The van der Waals surface area contributed by atoms with E-state index in [0.29, 0.717) is 41.8 Å². The van der Waals surface area contributed by atoms with Crippen LogP contribution < -0.4 is 15.4 Å². The highest BCUT2D eigenvalue weighted by Crippen LogP contribution is 2.37. The lowest BCUT2D eigenvalue weighted by molar-refractivity contribution is -0.118. The summed E-state index contributed by atoms with van der Waals surface area (Å²) in [6.45, 7) is 15.1. The average Bonchev–Trinajstić information content (AvgIpc) is 3.38.